The second-order valence-corrected chi connectivity index (χ2v) is 6.04. The molecule has 1 aliphatic rings. The van der Waals surface area contributed by atoms with Crippen molar-refractivity contribution in [1.82, 2.24) is 4.90 Å². The molecule has 1 aliphatic carbocycles. The third kappa shape index (κ3) is 5.91. The van der Waals surface area contributed by atoms with E-state index in [1.54, 1.807) is 0 Å². The average molecular weight is 270 g/mol. The Balaban J connectivity index is 2.20. The van der Waals surface area contributed by atoms with Gasteiger partial charge in [0.1, 0.15) is 0 Å². The van der Waals surface area contributed by atoms with Crippen molar-refractivity contribution in [1.29, 1.82) is 0 Å². The van der Waals surface area contributed by atoms with Gasteiger partial charge >= 0.3 is 0 Å². The van der Waals surface area contributed by atoms with E-state index in [0.717, 1.165) is 38.6 Å². The molecule has 0 spiro atoms. The molecule has 0 saturated heterocycles. The molecule has 4 heteroatoms. The Labute approximate surface area is 117 Å². The van der Waals surface area contributed by atoms with Gasteiger partial charge in [-0.15, -0.1) is 0 Å². The lowest BCUT2D eigenvalue weighted by Crippen LogP contribution is -2.39. The highest BCUT2D eigenvalue weighted by atomic mass is 16.3. The summed E-state index contributed by atoms with van der Waals surface area (Å²) in [6.07, 6.45) is 6.52. The van der Waals surface area contributed by atoms with Crippen molar-refractivity contribution >= 4 is 5.91 Å². The molecule has 4 nitrogen and oxygen atoms in total. The van der Waals surface area contributed by atoms with Gasteiger partial charge in [0, 0.05) is 20.0 Å². The lowest BCUT2D eigenvalue weighted by molar-refractivity contribution is -0.131. The molecule has 19 heavy (non-hydrogen) atoms. The van der Waals surface area contributed by atoms with E-state index in [2.05, 4.69) is 6.92 Å². The second-order valence-electron chi connectivity index (χ2n) is 6.04. The highest BCUT2D eigenvalue weighted by molar-refractivity contribution is 5.75. The van der Waals surface area contributed by atoms with Crippen LogP contribution in [0.1, 0.15) is 51.9 Å². The van der Waals surface area contributed by atoms with Gasteiger partial charge in [-0.25, -0.2) is 0 Å². The summed E-state index contributed by atoms with van der Waals surface area (Å²) < 4.78 is 0. The van der Waals surface area contributed by atoms with E-state index in [9.17, 15) is 9.90 Å². The molecular weight excluding hydrogens is 240 g/mol. The maximum Gasteiger partial charge on any atom is 0.222 e. The summed E-state index contributed by atoms with van der Waals surface area (Å²) in [7, 11) is 1.88. The molecule has 1 rings (SSSR count). The van der Waals surface area contributed by atoms with Crippen LogP contribution in [0.25, 0.3) is 0 Å². The zero-order valence-electron chi connectivity index (χ0n) is 12.5. The Bertz CT molecular complexity index is 259. The molecule has 1 saturated carbocycles. The molecule has 1 amide bonds. The van der Waals surface area contributed by atoms with Crippen molar-refractivity contribution < 1.29 is 9.90 Å². The molecule has 1 atom stereocenters. The molecule has 1 unspecified atom stereocenters. The molecule has 0 aromatic carbocycles. The van der Waals surface area contributed by atoms with Crippen LogP contribution in [0.15, 0.2) is 0 Å². The van der Waals surface area contributed by atoms with E-state index in [0.29, 0.717) is 24.8 Å². The summed E-state index contributed by atoms with van der Waals surface area (Å²) >= 11 is 0. The Morgan fingerprint density at radius 2 is 2.05 bits per heavy atom. The van der Waals surface area contributed by atoms with E-state index in [4.69, 9.17) is 5.73 Å². The van der Waals surface area contributed by atoms with Gasteiger partial charge in [-0.3, -0.25) is 4.79 Å². The first-order chi connectivity index (χ1) is 9.06. The molecule has 112 valence electrons. The number of aliphatic hydroxyl groups excluding tert-OH is 1. The molecule has 0 aliphatic heterocycles. The Kier molecular flexibility index (Phi) is 7.39. The summed E-state index contributed by atoms with van der Waals surface area (Å²) in [6, 6.07) is 0. The van der Waals surface area contributed by atoms with Crippen LogP contribution < -0.4 is 5.73 Å². The largest absolute Gasteiger partial charge is 0.393 e. The zero-order chi connectivity index (χ0) is 14.3. The number of carbonyl (C=O) groups is 1. The third-order valence-corrected chi connectivity index (χ3v) is 4.21. The fourth-order valence-electron chi connectivity index (χ4n) is 2.93. The van der Waals surface area contributed by atoms with Crippen molar-refractivity contribution in [2.75, 3.05) is 20.1 Å². The molecular formula is C15H30N2O2. The third-order valence-electron chi connectivity index (χ3n) is 4.21. The number of amides is 1. The van der Waals surface area contributed by atoms with Crippen LogP contribution in [-0.2, 0) is 4.79 Å². The Morgan fingerprint density at radius 3 is 2.58 bits per heavy atom. The van der Waals surface area contributed by atoms with Gasteiger partial charge in [0.05, 0.1) is 6.10 Å². The lowest BCUT2D eigenvalue weighted by atomic mass is 9.82. The van der Waals surface area contributed by atoms with E-state index in [1.807, 2.05) is 11.9 Å². The highest BCUT2D eigenvalue weighted by Crippen LogP contribution is 2.28. The number of carbonyl (C=O) groups excluding carboxylic acids is 1. The Morgan fingerprint density at radius 1 is 1.37 bits per heavy atom. The summed E-state index contributed by atoms with van der Waals surface area (Å²) in [6.45, 7) is 3.69. The number of nitrogens with zero attached hydrogens (tertiary/aromatic N) is 1. The Hall–Kier alpha value is -0.610. The standard InChI is InChI=1S/C15H30N2O2/c1-3-4-12(7-8-16)5-6-15(19)17(2)11-13-9-14(18)10-13/h12-14,18H,3-11,16H2,1-2H3. The van der Waals surface area contributed by atoms with Crippen molar-refractivity contribution in [3.05, 3.63) is 0 Å². The van der Waals surface area contributed by atoms with Crippen LogP contribution in [0.3, 0.4) is 0 Å². The van der Waals surface area contributed by atoms with Crippen LogP contribution in [0.5, 0.6) is 0 Å². The minimum absolute atomic E-state index is 0.132. The normalized spacial score (nSPS) is 23.8. The van der Waals surface area contributed by atoms with Crippen LogP contribution >= 0.6 is 0 Å². The second kappa shape index (κ2) is 8.54. The predicted molar refractivity (Wildman–Crippen MR) is 77.7 cm³/mol. The van der Waals surface area contributed by atoms with Crippen molar-refractivity contribution in [2.24, 2.45) is 17.6 Å². The average Bonchev–Trinajstić information content (AvgIpc) is 2.34. The number of hydrogen-bond acceptors (Lipinski definition) is 3. The number of aliphatic hydroxyl groups is 1. The fourth-order valence-corrected chi connectivity index (χ4v) is 2.93. The first kappa shape index (κ1) is 16.4. The number of hydrogen-bond donors (Lipinski definition) is 2. The van der Waals surface area contributed by atoms with E-state index in [1.165, 1.54) is 6.42 Å². The van der Waals surface area contributed by atoms with Crippen LogP contribution in [0.2, 0.25) is 0 Å². The monoisotopic (exact) mass is 270 g/mol. The van der Waals surface area contributed by atoms with Crippen LogP contribution in [-0.4, -0.2) is 42.2 Å². The summed E-state index contributed by atoms with van der Waals surface area (Å²) in [4.78, 5) is 13.9. The summed E-state index contributed by atoms with van der Waals surface area (Å²) in [5, 5.41) is 9.25. The van der Waals surface area contributed by atoms with Gasteiger partial charge in [-0.05, 0) is 44.1 Å². The van der Waals surface area contributed by atoms with Crippen molar-refractivity contribution in [2.45, 2.75) is 58.0 Å². The van der Waals surface area contributed by atoms with Crippen molar-refractivity contribution in [3.63, 3.8) is 0 Å². The van der Waals surface area contributed by atoms with Gasteiger partial charge in [-0.2, -0.15) is 0 Å². The van der Waals surface area contributed by atoms with E-state index in [-0.39, 0.29) is 12.0 Å². The topological polar surface area (TPSA) is 66.6 Å². The van der Waals surface area contributed by atoms with E-state index < -0.39 is 0 Å². The van der Waals surface area contributed by atoms with Crippen LogP contribution in [0, 0.1) is 11.8 Å². The first-order valence-electron chi connectivity index (χ1n) is 7.68. The van der Waals surface area contributed by atoms with E-state index >= 15 is 0 Å². The molecule has 0 aromatic rings. The molecule has 0 aromatic heterocycles. The molecule has 0 heterocycles. The zero-order valence-corrected chi connectivity index (χ0v) is 12.5. The predicted octanol–water partition coefficient (Wildman–Crippen LogP) is 1.76. The van der Waals surface area contributed by atoms with Gasteiger partial charge < -0.3 is 15.7 Å². The molecule has 0 bridgehead atoms. The quantitative estimate of drug-likeness (QED) is 0.671. The first-order valence-corrected chi connectivity index (χ1v) is 7.68. The smallest absolute Gasteiger partial charge is 0.222 e. The van der Waals surface area contributed by atoms with Gasteiger partial charge in [0.15, 0.2) is 0 Å². The minimum atomic E-state index is -0.132. The summed E-state index contributed by atoms with van der Waals surface area (Å²) in [5.41, 5.74) is 5.61. The number of rotatable bonds is 9. The fraction of sp³-hybridized carbons (Fsp3) is 0.933. The maximum atomic E-state index is 12.0. The van der Waals surface area contributed by atoms with Crippen molar-refractivity contribution in [3.8, 4) is 0 Å². The lowest BCUT2D eigenvalue weighted by Gasteiger charge is -2.34. The van der Waals surface area contributed by atoms with Crippen LogP contribution in [0.4, 0.5) is 0 Å². The molecule has 3 N–H and O–H groups in total. The molecule has 1 fully saturated rings. The highest BCUT2D eigenvalue weighted by Gasteiger charge is 2.29. The maximum absolute atomic E-state index is 12.0. The minimum Gasteiger partial charge on any atom is -0.393 e. The summed E-state index contributed by atoms with van der Waals surface area (Å²) in [5.74, 6) is 1.33. The number of nitrogens with two attached hydrogens (primary N) is 1. The van der Waals surface area contributed by atoms with Gasteiger partial charge in [-0.1, -0.05) is 19.8 Å². The van der Waals surface area contributed by atoms with Gasteiger partial charge in [0.2, 0.25) is 5.91 Å². The SMILES string of the molecule is CCCC(CCN)CCC(=O)N(C)CC1CC(O)C1. The molecule has 0 radical (unpaired) electrons. The van der Waals surface area contributed by atoms with Gasteiger partial charge in [0.25, 0.3) is 0 Å².